The van der Waals surface area contributed by atoms with E-state index < -0.39 is 6.04 Å². The average Bonchev–Trinajstić information content (AvgIpc) is 3.37. The summed E-state index contributed by atoms with van der Waals surface area (Å²) in [5, 5.41) is 18.3. The third-order valence-corrected chi connectivity index (χ3v) is 7.09. The normalized spacial score (nSPS) is 14.5. The lowest BCUT2D eigenvalue weighted by Gasteiger charge is -2.28. The molecule has 0 saturated heterocycles. The van der Waals surface area contributed by atoms with Gasteiger partial charge in [0.2, 0.25) is 5.95 Å². The van der Waals surface area contributed by atoms with Gasteiger partial charge in [-0.1, -0.05) is 51.4 Å². The lowest BCUT2D eigenvalue weighted by atomic mass is 9.94. The van der Waals surface area contributed by atoms with Crippen molar-refractivity contribution in [2.45, 2.75) is 33.4 Å². The van der Waals surface area contributed by atoms with E-state index in [2.05, 4.69) is 42.1 Å². The van der Waals surface area contributed by atoms with Crippen molar-refractivity contribution < 1.29 is 14.3 Å². The zero-order chi connectivity index (χ0) is 26.8. The number of amides is 1. The molecular formula is C28H27BrN6O3. The van der Waals surface area contributed by atoms with Crippen molar-refractivity contribution >= 4 is 33.5 Å². The highest BCUT2D eigenvalue weighted by Crippen LogP contribution is 2.39. The summed E-state index contributed by atoms with van der Waals surface area (Å²) >= 11 is 3.49. The first-order valence-corrected chi connectivity index (χ1v) is 12.8. The van der Waals surface area contributed by atoms with Gasteiger partial charge in [0.05, 0.1) is 12.7 Å². The second kappa shape index (κ2) is 10.7. The minimum absolute atomic E-state index is 0.246. The van der Waals surface area contributed by atoms with Gasteiger partial charge in [0.25, 0.3) is 5.91 Å². The Morgan fingerprint density at radius 1 is 1.08 bits per heavy atom. The monoisotopic (exact) mass is 574 g/mol. The van der Waals surface area contributed by atoms with E-state index in [1.807, 2.05) is 81.4 Å². The number of carbonyl (C=O) groups is 1. The van der Waals surface area contributed by atoms with Crippen LogP contribution in [0.2, 0.25) is 0 Å². The minimum Gasteiger partial charge on any atom is -0.493 e. The summed E-state index contributed by atoms with van der Waals surface area (Å²) in [6.45, 7) is 6.22. The number of benzene rings is 3. The molecule has 5 rings (SSSR count). The highest BCUT2D eigenvalue weighted by Gasteiger charge is 2.34. The quantitative estimate of drug-likeness (QED) is 0.297. The van der Waals surface area contributed by atoms with Crippen LogP contribution in [-0.4, -0.2) is 33.2 Å². The molecule has 2 N–H and O–H groups in total. The van der Waals surface area contributed by atoms with Crippen LogP contribution in [0, 0.1) is 13.8 Å². The van der Waals surface area contributed by atoms with Crippen LogP contribution in [0.1, 0.15) is 35.2 Å². The Balaban J connectivity index is 1.48. The predicted octanol–water partition coefficient (Wildman–Crippen LogP) is 5.57. The molecule has 0 spiro atoms. The Hall–Kier alpha value is -4.18. The molecule has 2 heterocycles. The third-order valence-electron chi connectivity index (χ3n) is 6.60. The number of anilines is 2. The highest BCUT2D eigenvalue weighted by atomic mass is 79.9. The number of methoxy groups -OCH3 is 1. The maximum absolute atomic E-state index is 13.7. The second-order valence-corrected chi connectivity index (χ2v) is 9.96. The molecule has 10 heteroatoms. The minimum atomic E-state index is -0.584. The lowest BCUT2D eigenvalue weighted by Crippen LogP contribution is -2.31. The molecule has 0 radical (unpaired) electrons. The van der Waals surface area contributed by atoms with E-state index in [-0.39, 0.29) is 5.91 Å². The summed E-state index contributed by atoms with van der Waals surface area (Å²) in [5.74, 6) is 1.33. The number of rotatable bonds is 7. The number of aryl methyl sites for hydroxylation is 1. The molecule has 194 valence electrons. The summed E-state index contributed by atoms with van der Waals surface area (Å²) < 4.78 is 14.3. The van der Waals surface area contributed by atoms with Crippen molar-refractivity contribution in [3.8, 4) is 11.5 Å². The molecule has 1 amide bonds. The molecule has 0 saturated carbocycles. The maximum Gasteiger partial charge on any atom is 0.255 e. The van der Waals surface area contributed by atoms with Crippen LogP contribution >= 0.6 is 15.9 Å². The molecule has 1 atom stereocenters. The Morgan fingerprint density at radius 2 is 1.89 bits per heavy atom. The number of nitrogens with one attached hydrogen (secondary N) is 2. The largest absolute Gasteiger partial charge is 0.493 e. The van der Waals surface area contributed by atoms with E-state index in [9.17, 15) is 4.79 Å². The molecule has 9 nitrogen and oxygen atoms in total. The first-order valence-electron chi connectivity index (χ1n) is 12.0. The summed E-state index contributed by atoms with van der Waals surface area (Å²) in [6.07, 6.45) is 0. The number of hydrogen-bond donors (Lipinski definition) is 2. The molecule has 1 unspecified atom stereocenters. The molecule has 38 heavy (non-hydrogen) atoms. The van der Waals surface area contributed by atoms with E-state index in [4.69, 9.17) is 9.47 Å². The van der Waals surface area contributed by atoms with Gasteiger partial charge in [-0.3, -0.25) is 4.79 Å². The molecule has 0 fully saturated rings. The number of fused-ring (bicyclic) bond motifs is 1. The Kier molecular flexibility index (Phi) is 7.15. The van der Waals surface area contributed by atoms with E-state index in [0.29, 0.717) is 35.3 Å². The van der Waals surface area contributed by atoms with Crippen molar-refractivity contribution in [3.63, 3.8) is 0 Å². The molecule has 3 aromatic carbocycles. The zero-order valence-corrected chi connectivity index (χ0v) is 23.0. The van der Waals surface area contributed by atoms with Gasteiger partial charge in [0.15, 0.2) is 11.5 Å². The Bertz CT molecular complexity index is 1550. The van der Waals surface area contributed by atoms with E-state index in [1.165, 1.54) is 0 Å². The van der Waals surface area contributed by atoms with Crippen LogP contribution in [0.5, 0.6) is 11.5 Å². The number of carbonyl (C=O) groups excluding carboxylic acids is 1. The summed E-state index contributed by atoms with van der Waals surface area (Å²) in [4.78, 5) is 13.7. The SMILES string of the molecule is COc1cc(C2C(C(=O)Nc3cccc(C)c3C)=C(C)Nc3nnnn32)ccc1OCc1cccc(Br)c1. The number of aromatic nitrogens is 4. The molecular weight excluding hydrogens is 548 g/mol. The van der Waals surface area contributed by atoms with Gasteiger partial charge >= 0.3 is 0 Å². The van der Waals surface area contributed by atoms with Crippen molar-refractivity contribution in [2.75, 3.05) is 17.7 Å². The van der Waals surface area contributed by atoms with Crippen LogP contribution in [-0.2, 0) is 11.4 Å². The zero-order valence-electron chi connectivity index (χ0n) is 21.4. The number of ether oxygens (including phenoxy) is 2. The molecule has 0 bridgehead atoms. The highest BCUT2D eigenvalue weighted by molar-refractivity contribution is 9.10. The molecule has 1 aliphatic rings. The van der Waals surface area contributed by atoms with Gasteiger partial charge in [-0.2, -0.15) is 4.68 Å². The lowest BCUT2D eigenvalue weighted by molar-refractivity contribution is -0.113. The maximum atomic E-state index is 13.7. The third kappa shape index (κ3) is 4.99. The standard InChI is InChI=1S/C28H27BrN6O3/c1-16-7-5-10-22(17(16)2)31-27(36)25-18(3)30-28-32-33-34-35(28)26(25)20-11-12-23(24(14-20)37-4)38-15-19-8-6-9-21(29)13-19/h5-14,26H,15H2,1-4H3,(H,31,36)(H,30,32,34). The molecule has 1 aromatic heterocycles. The van der Waals surface area contributed by atoms with Gasteiger partial charge < -0.3 is 20.1 Å². The molecule has 0 aliphatic carbocycles. The number of halogens is 1. The smallest absolute Gasteiger partial charge is 0.255 e. The number of hydrogen-bond acceptors (Lipinski definition) is 7. The predicted molar refractivity (Wildman–Crippen MR) is 148 cm³/mol. The fourth-order valence-electron chi connectivity index (χ4n) is 4.45. The van der Waals surface area contributed by atoms with Gasteiger partial charge in [0.1, 0.15) is 12.6 Å². The molecule has 4 aromatic rings. The fraction of sp³-hybridized carbons (Fsp3) is 0.214. The van der Waals surface area contributed by atoms with Gasteiger partial charge in [0, 0.05) is 15.9 Å². The van der Waals surface area contributed by atoms with E-state index in [0.717, 1.165) is 32.4 Å². The van der Waals surface area contributed by atoms with Gasteiger partial charge in [-0.15, -0.1) is 0 Å². The summed E-state index contributed by atoms with van der Waals surface area (Å²) in [5.41, 5.74) is 5.81. The topological polar surface area (TPSA) is 103 Å². The summed E-state index contributed by atoms with van der Waals surface area (Å²) in [6, 6.07) is 18.8. The first kappa shape index (κ1) is 25.5. The van der Waals surface area contributed by atoms with Gasteiger partial charge in [-0.05, 0) is 83.8 Å². The van der Waals surface area contributed by atoms with Crippen molar-refractivity contribution in [1.29, 1.82) is 0 Å². The van der Waals surface area contributed by atoms with Crippen LogP contribution < -0.4 is 20.1 Å². The van der Waals surface area contributed by atoms with Crippen LogP contribution in [0.25, 0.3) is 0 Å². The number of nitrogens with zero attached hydrogens (tertiary/aromatic N) is 4. The van der Waals surface area contributed by atoms with Gasteiger partial charge in [-0.25, -0.2) is 0 Å². The average molecular weight is 575 g/mol. The Labute approximate surface area is 229 Å². The first-order chi connectivity index (χ1) is 18.4. The second-order valence-electron chi connectivity index (χ2n) is 9.04. The summed E-state index contributed by atoms with van der Waals surface area (Å²) in [7, 11) is 1.59. The number of allylic oxidation sites excluding steroid dienone is 1. The fourth-order valence-corrected chi connectivity index (χ4v) is 4.90. The molecule has 1 aliphatic heterocycles. The Morgan fingerprint density at radius 3 is 2.68 bits per heavy atom. The van der Waals surface area contributed by atoms with E-state index >= 15 is 0 Å². The van der Waals surface area contributed by atoms with Crippen LogP contribution in [0.15, 0.2) is 76.4 Å². The van der Waals surface area contributed by atoms with Crippen LogP contribution in [0.3, 0.4) is 0 Å². The van der Waals surface area contributed by atoms with Crippen LogP contribution in [0.4, 0.5) is 11.6 Å². The van der Waals surface area contributed by atoms with E-state index in [1.54, 1.807) is 11.8 Å². The van der Waals surface area contributed by atoms with Crippen molar-refractivity contribution in [3.05, 3.63) is 98.7 Å². The van der Waals surface area contributed by atoms with Crippen molar-refractivity contribution in [1.82, 2.24) is 20.2 Å². The van der Waals surface area contributed by atoms with Crippen molar-refractivity contribution in [2.24, 2.45) is 0 Å². The number of tetrazole rings is 1.